The zero-order chi connectivity index (χ0) is 10.6. The first kappa shape index (κ1) is 11.7. The van der Waals surface area contributed by atoms with E-state index in [9.17, 15) is 5.11 Å². The minimum Gasteiger partial charge on any atom is -0.389 e. The Hall–Kier alpha value is -0.380. The second kappa shape index (κ2) is 4.91. The van der Waals surface area contributed by atoms with Crippen molar-refractivity contribution in [3.8, 4) is 0 Å². The molecule has 0 bridgehead atoms. The van der Waals surface area contributed by atoms with Crippen LogP contribution in [-0.4, -0.2) is 17.3 Å². The van der Waals surface area contributed by atoms with Crippen LogP contribution in [0, 0.1) is 0 Å². The minimum atomic E-state index is -0.621. The van der Waals surface area contributed by atoms with Crippen molar-refractivity contribution in [3.63, 3.8) is 0 Å². The quantitative estimate of drug-likeness (QED) is 0.785. The first-order chi connectivity index (χ1) is 6.53. The van der Waals surface area contributed by atoms with E-state index in [1.807, 2.05) is 13.8 Å². The van der Waals surface area contributed by atoms with Gasteiger partial charge in [0, 0.05) is 18.0 Å². The van der Waals surface area contributed by atoms with Crippen molar-refractivity contribution in [2.45, 2.75) is 39.3 Å². The Morgan fingerprint density at radius 1 is 1.50 bits per heavy atom. The summed E-state index contributed by atoms with van der Waals surface area (Å²) in [5, 5.41) is 14.9. The Balaban J connectivity index is 2.38. The highest BCUT2D eigenvalue weighted by Crippen LogP contribution is 2.16. The van der Waals surface area contributed by atoms with Gasteiger partial charge in [-0.25, -0.2) is 0 Å². The molecule has 0 saturated heterocycles. The van der Waals surface area contributed by atoms with Gasteiger partial charge >= 0.3 is 0 Å². The summed E-state index contributed by atoms with van der Waals surface area (Å²) < 4.78 is 0. The van der Waals surface area contributed by atoms with Crippen LogP contribution < -0.4 is 5.32 Å². The largest absolute Gasteiger partial charge is 0.389 e. The third kappa shape index (κ3) is 3.78. The first-order valence-corrected chi connectivity index (χ1v) is 5.89. The lowest BCUT2D eigenvalue weighted by atomic mass is 10.1. The van der Waals surface area contributed by atoms with Gasteiger partial charge in [-0.3, -0.25) is 0 Å². The molecule has 0 atom stereocenters. The van der Waals surface area contributed by atoms with Crippen molar-refractivity contribution in [2.75, 3.05) is 6.54 Å². The van der Waals surface area contributed by atoms with E-state index in [4.69, 9.17) is 0 Å². The summed E-state index contributed by atoms with van der Waals surface area (Å²) in [5.74, 6) is 0. The van der Waals surface area contributed by atoms with Crippen LogP contribution in [-0.2, 0) is 13.0 Å². The molecule has 1 rings (SSSR count). The van der Waals surface area contributed by atoms with Crippen molar-refractivity contribution in [2.24, 2.45) is 0 Å². The summed E-state index contributed by atoms with van der Waals surface area (Å²) in [6, 6.07) is 2.17. The normalized spacial score (nSPS) is 12.0. The van der Waals surface area contributed by atoms with Gasteiger partial charge in [-0.15, -0.1) is 11.3 Å². The fourth-order valence-electron chi connectivity index (χ4n) is 1.32. The second-order valence-corrected chi connectivity index (χ2v) is 5.14. The van der Waals surface area contributed by atoms with Crippen molar-refractivity contribution in [3.05, 3.63) is 21.9 Å². The molecule has 0 radical (unpaired) electrons. The van der Waals surface area contributed by atoms with Crippen LogP contribution in [0.25, 0.3) is 0 Å². The van der Waals surface area contributed by atoms with Gasteiger partial charge in [-0.05, 0) is 37.3 Å². The molecule has 14 heavy (non-hydrogen) atoms. The van der Waals surface area contributed by atoms with Crippen molar-refractivity contribution in [1.82, 2.24) is 5.32 Å². The minimum absolute atomic E-state index is 0.621. The van der Waals surface area contributed by atoms with Crippen LogP contribution in [0.4, 0.5) is 0 Å². The summed E-state index contributed by atoms with van der Waals surface area (Å²) in [5.41, 5.74) is 0.794. The third-order valence-electron chi connectivity index (χ3n) is 2.06. The average molecular weight is 213 g/mol. The highest BCUT2D eigenvalue weighted by molar-refractivity contribution is 7.10. The maximum Gasteiger partial charge on any atom is 0.0715 e. The van der Waals surface area contributed by atoms with E-state index in [2.05, 4.69) is 23.7 Å². The number of hydrogen-bond donors (Lipinski definition) is 2. The molecule has 0 unspecified atom stereocenters. The molecular weight excluding hydrogens is 194 g/mol. The lowest BCUT2D eigenvalue weighted by Gasteiger charge is -2.17. The molecule has 2 nitrogen and oxygen atoms in total. The summed E-state index contributed by atoms with van der Waals surface area (Å²) in [4.78, 5) is 1.39. The monoisotopic (exact) mass is 213 g/mol. The summed E-state index contributed by atoms with van der Waals surface area (Å²) in [6.45, 7) is 7.30. The number of rotatable bonds is 5. The standard InChI is InChI=1S/C11H19NOS/c1-4-9-5-6-14-10(9)7-12-8-11(2,3)13/h5-6,12-13H,4,7-8H2,1-3H3. The van der Waals surface area contributed by atoms with Gasteiger partial charge in [0.1, 0.15) is 0 Å². The number of hydrogen-bond acceptors (Lipinski definition) is 3. The van der Waals surface area contributed by atoms with Gasteiger partial charge in [0.15, 0.2) is 0 Å². The Morgan fingerprint density at radius 2 is 2.21 bits per heavy atom. The molecular formula is C11H19NOS. The lowest BCUT2D eigenvalue weighted by molar-refractivity contribution is 0.0795. The van der Waals surface area contributed by atoms with Gasteiger partial charge in [-0.2, -0.15) is 0 Å². The van der Waals surface area contributed by atoms with Gasteiger partial charge in [-0.1, -0.05) is 6.92 Å². The Labute approximate surface area is 90.0 Å². The number of aliphatic hydroxyl groups is 1. The van der Waals surface area contributed by atoms with Crippen LogP contribution in [0.1, 0.15) is 31.2 Å². The topological polar surface area (TPSA) is 32.3 Å². The molecule has 3 heteroatoms. The number of nitrogens with one attached hydrogen (secondary N) is 1. The Morgan fingerprint density at radius 3 is 2.79 bits per heavy atom. The van der Waals surface area contributed by atoms with E-state index in [1.165, 1.54) is 10.4 Å². The van der Waals surface area contributed by atoms with Crippen LogP contribution in [0.2, 0.25) is 0 Å². The van der Waals surface area contributed by atoms with E-state index in [1.54, 1.807) is 11.3 Å². The van der Waals surface area contributed by atoms with E-state index >= 15 is 0 Å². The van der Waals surface area contributed by atoms with E-state index in [0.717, 1.165) is 13.0 Å². The molecule has 0 spiro atoms. The second-order valence-electron chi connectivity index (χ2n) is 4.14. The van der Waals surface area contributed by atoms with E-state index in [0.29, 0.717) is 6.54 Å². The SMILES string of the molecule is CCc1ccsc1CNCC(C)(C)O. The molecule has 0 amide bonds. The molecule has 1 aromatic rings. The highest BCUT2D eigenvalue weighted by Gasteiger charge is 2.11. The van der Waals surface area contributed by atoms with Crippen LogP contribution in [0.15, 0.2) is 11.4 Å². The summed E-state index contributed by atoms with van der Waals surface area (Å²) >= 11 is 1.78. The van der Waals surface area contributed by atoms with Gasteiger partial charge in [0.05, 0.1) is 5.60 Å². The van der Waals surface area contributed by atoms with Gasteiger partial charge < -0.3 is 10.4 Å². The van der Waals surface area contributed by atoms with Crippen molar-refractivity contribution in [1.29, 1.82) is 0 Å². The third-order valence-corrected chi connectivity index (χ3v) is 3.02. The van der Waals surface area contributed by atoms with Crippen LogP contribution >= 0.6 is 11.3 Å². The maximum atomic E-state index is 9.51. The average Bonchev–Trinajstić information content (AvgIpc) is 2.49. The molecule has 0 aliphatic rings. The predicted molar refractivity (Wildman–Crippen MR) is 61.7 cm³/mol. The summed E-state index contributed by atoms with van der Waals surface area (Å²) in [6.07, 6.45) is 1.09. The van der Waals surface area contributed by atoms with Gasteiger partial charge in [0.2, 0.25) is 0 Å². The van der Waals surface area contributed by atoms with Crippen LogP contribution in [0.5, 0.6) is 0 Å². The number of aryl methyl sites for hydroxylation is 1. The smallest absolute Gasteiger partial charge is 0.0715 e. The summed E-state index contributed by atoms with van der Waals surface area (Å²) in [7, 11) is 0. The maximum absolute atomic E-state index is 9.51. The fourth-order valence-corrected chi connectivity index (χ4v) is 2.26. The van der Waals surface area contributed by atoms with E-state index in [-0.39, 0.29) is 0 Å². The molecule has 0 aliphatic carbocycles. The molecule has 80 valence electrons. The van der Waals surface area contributed by atoms with Crippen molar-refractivity contribution >= 4 is 11.3 Å². The van der Waals surface area contributed by atoms with Gasteiger partial charge in [0.25, 0.3) is 0 Å². The lowest BCUT2D eigenvalue weighted by Crippen LogP contribution is -2.34. The Kier molecular flexibility index (Phi) is 4.11. The highest BCUT2D eigenvalue weighted by atomic mass is 32.1. The Bertz CT molecular complexity index is 275. The zero-order valence-electron chi connectivity index (χ0n) is 9.13. The van der Waals surface area contributed by atoms with E-state index < -0.39 is 5.60 Å². The molecule has 2 N–H and O–H groups in total. The number of thiophene rings is 1. The molecule has 1 heterocycles. The first-order valence-electron chi connectivity index (χ1n) is 5.01. The molecule has 1 aromatic heterocycles. The van der Waals surface area contributed by atoms with Crippen molar-refractivity contribution < 1.29 is 5.11 Å². The molecule has 0 saturated carbocycles. The van der Waals surface area contributed by atoms with Crippen LogP contribution in [0.3, 0.4) is 0 Å². The molecule has 0 aliphatic heterocycles. The molecule has 0 aromatic carbocycles. The fraction of sp³-hybridized carbons (Fsp3) is 0.636. The predicted octanol–water partition coefficient (Wildman–Crippen LogP) is 2.17. The zero-order valence-corrected chi connectivity index (χ0v) is 9.95. The molecule has 0 fully saturated rings.